The molecule has 3 heteroatoms. The van der Waals surface area contributed by atoms with Crippen LogP contribution in [0.25, 0.3) is 17.2 Å². The van der Waals surface area contributed by atoms with Crippen LogP contribution < -0.4 is 5.32 Å². The molecule has 0 amide bonds. The number of benzene rings is 2. The van der Waals surface area contributed by atoms with Crippen molar-refractivity contribution in [1.82, 2.24) is 5.32 Å². The normalized spacial score (nSPS) is 13.4. The lowest BCUT2D eigenvalue weighted by atomic mass is 10.0. The molecule has 3 nitrogen and oxygen atoms in total. The Morgan fingerprint density at radius 3 is 2.44 bits per heavy atom. The van der Waals surface area contributed by atoms with Crippen molar-refractivity contribution in [3.8, 4) is 11.1 Å². The van der Waals surface area contributed by atoms with Crippen LogP contribution in [-0.4, -0.2) is 26.4 Å². The molecular formula is C22H28N2O. The molecule has 0 aromatic heterocycles. The van der Waals surface area contributed by atoms with Crippen LogP contribution in [0.1, 0.15) is 43.4 Å². The highest BCUT2D eigenvalue weighted by Crippen LogP contribution is 2.37. The van der Waals surface area contributed by atoms with E-state index in [1.165, 1.54) is 16.7 Å². The largest absolute Gasteiger partial charge is 0.399 e. The average Bonchev–Trinajstić information content (AvgIpc) is 2.97. The fourth-order valence-electron chi connectivity index (χ4n) is 2.97. The van der Waals surface area contributed by atoms with Crippen LogP contribution in [-0.2, 0) is 4.84 Å². The predicted octanol–water partition coefficient (Wildman–Crippen LogP) is 5.10. The van der Waals surface area contributed by atoms with E-state index in [1.807, 2.05) is 27.0 Å². The molecule has 0 saturated carbocycles. The first-order chi connectivity index (χ1) is 12.3. The Kier molecular flexibility index (Phi) is 7.42. The molecule has 3 rings (SSSR count). The second-order valence-corrected chi connectivity index (χ2v) is 5.62. The molecule has 132 valence electrons. The zero-order chi connectivity index (χ0) is 18.1. The van der Waals surface area contributed by atoms with Crippen LogP contribution in [0.4, 0.5) is 0 Å². The molecule has 1 N–H and O–H groups in total. The van der Waals surface area contributed by atoms with Crippen molar-refractivity contribution < 1.29 is 4.84 Å². The molecule has 0 heterocycles. The lowest BCUT2D eigenvalue weighted by Crippen LogP contribution is -2.06. The van der Waals surface area contributed by atoms with Gasteiger partial charge >= 0.3 is 0 Å². The molecule has 2 aromatic rings. The van der Waals surface area contributed by atoms with E-state index < -0.39 is 0 Å². The van der Waals surface area contributed by atoms with E-state index in [4.69, 9.17) is 4.84 Å². The number of hydrogen-bond acceptors (Lipinski definition) is 3. The van der Waals surface area contributed by atoms with Crippen molar-refractivity contribution in [2.75, 3.05) is 20.7 Å². The van der Waals surface area contributed by atoms with Gasteiger partial charge in [0.15, 0.2) is 0 Å². The Morgan fingerprint density at radius 1 is 1.00 bits per heavy atom. The number of allylic oxidation sites excluding steroid dienone is 1. The van der Waals surface area contributed by atoms with E-state index in [-0.39, 0.29) is 0 Å². The summed E-state index contributed by atoms with van der Waals surface area (Å²) in [5, 5.41) is 7.42. The molecule has 0 aliphatic heterocycles. The highest BCUT2D eigenvalue weighted by Gasteiger charge is 2.25. The van der Waals surface area contributed by atoms with Gasteiger partial charge in [-0.1, -0.05) is 67.6 Å². The van der Waals surface area contributed by atoms with E-state index in [0.29, 0.717) is 0 Å². The number of fused-ring (bicyclic) bond motifs is 3. The second-order valence-electron chi connectivity index (χ2n) is 5.62. The summed E-state index contributed by atoms with van der Waals surface area (Å²) < 4.78 is 0. The summed E-state index contributed by atoms with van der Waals surface area (Å²) in [6.07, 6.45) is 6.65. The predicted molar refractivity (Wildman–Crippen MR) is 108 cm³/mol. The van der Waals surface area contributed by atoms with Gasteiger partial charge in [-0.25, -0.2) is 0 Å². The van der Waals surface area contributed by atoms with Crippen LogP contribution >= 0.6 is 0 Å². The minimum Gasteiger partial charge on any atom is -0.399 e. The third-order valence-electron chi connectivity index (χ3n) is 4.06. The molecule has 2 aromatic carbocycles. The SMILES string of the molecule is CC.CNCCC/C=C/c1ccc2c(c1)/C(=N/OC)c1ccccc1-2. The highest BCUT2D eigenvalue weighted by atomic mass is 16.6. The van der Waals surface area contributed by atoms with Gasteiger partial charge in [0.1, 0.15) is 12.8 Å². The zero-order valence-electron chi connectivity index (χ0n) is 15.7. The molecule has 1 aliphatic carbocycles. The van der Waals surface area contributed by atoms with Gasteiger partial charge in [-0.3, -0.25) is 0 Å². The van der Waals surface area contributed by atoms with Gasteiger partial charge in [0, 0.05) is 11.1 Å². The van der Waals surface area contributed by atoms with Gasteiger partial charge < -0.3 is 10.2 Å². The number of nitrogens with zero attached hydrogens (tertiary/aromatic N) is 1. The molecule has 0 saturated heterocycles. The van der Waals surface area contributed by atoms with Gasteiger partial charge in [-0.05, 0) is 49.2 Å². The second kappa shape index (κ2) is 9.80. The van der Waals surface area contributed by atoms with E-state index in [2.05, 4.69) is 59.0 Å². The molecule has 0 bridgehead atoms. The Balaban J connectivity index is 0.00000109. The van der Waals surface area contributed by atoms with Gasteiger partial charge in [-0.2, -0.15) is 0 Å². The maximum atomic E-state index is 5.07. The first-order valence-electron chi connectivity index (χ1n) is 9.01. The standard InChI is InChI=1S/C20H22N2O.C2H6/c1-21-13-7-3-4-8-15-11-12-17-16-9-5-6-10-18(16)20(22-23-2)19(17)14-15;1-2/h4-6,8-12,14,21H,3,7,13H2,1-2H3;1-2H3/b8-4+,22-20+;. The summed E-state index contributed by atoms with van der Waals surface area (Å²) in [5.74, 6) is 0. The van der Waals surface area contributed by atoms with Gasteiger partial charge in [0.25, 0.3) is 0 Å². The van der Waals surface area contributed by atoms with Crippen molar-refractivity contribution >= 4 is 11.8 Å². The molecular weight excluding hydrogens is 308 g/mol. The van der Waals surface area contributed by atoms with Crippen molar-refractivity contribution in [3.63, 3.8) is 0 Å². The van der Waals surface area contributed by atoms with Crippen LogP contribution in [0.15, 0.2) is 53.7 Å². The number of hydrogen-bond donors (Lipinski definition) is 1. The lowest BCUT2D eigenvalue weighted by molar-refractivity contribution is 0.214. The van der Waals surface area contributed by atoms with Gasteiger partial charge in [0.2, 0.25) is 0 Å². The summed E-state index contributed by atoms with van der Waals surface area (Å²) in [5.41, 5.74) is 6.85. The minimum atomic E-state index is 0.920. The maximum Gasteiger partial charge on any atom is 0.118 e. The average molecular weight is 336 g/mol. The van der Waals surface area contributed by atoms with Crippen LogP contribution in [0.5, 0.6) is 0 Å². The fourth-order valence-corrected chi connectivity index (χ4v) is 2.97. The number of oxime groups is 1. The summed E-state index contributed by atoms with van der Waals surface area (Å²) in [7, 11) is 3.58. The Bertz CT molecular complexity index is 747. The molecule has 25 heavy (non-hydrogen) atoms. The molecule has 0 spiro atoms. The number of nitrogens with one attached hydrogen (secondary N) is 1. The summed E-state index contributed by atoms with van der Waals surface area (Å²) >= 11 is 0. The van der Waals surface area contributed by atoms with Crippen LogP contribution in [0.3, 0.4) is 0 Å². The third kappa shape index (κ3) is 4.37. The van der Waals surface area contributed by atoms with Crippen molar-refractivity contribution in [2.45, 2.75) is 26.7 Å². The molecule has 0 unspecified atom stereocenters. The van der Waals surface area contributed by atoms with E-state index in [0.717, 1.165) is 36.2 Å². The van der Waals surface area contributed by atoms with E-state index in [9.17, 15) is 0 Å². The first kappa shape index (κ1) is 18.9. The summed E-state index contributed by atoms with van der Waals surface area (Å²) in [6.45, 7) is 5.05. The third-order valence-corrected chi connectivity index (χ3v) is 4.06. The smallest absolute Gasteiger partial charge is 0.118 e. The molecule has 0 atom stereocenters. The lowest BCUT2D eigenvalue weighted by Gasteiger charge is -2.02. The quantitative estimate of drug-likeness (QED) is 0.501. The maximum absolute atomic E-state index is 5.07. The van der Waals surface area contributed by atoms with Gasteiger partial charge in [0.05, 0.1) is 0 Å². The monoisotopic (exact) mass is 336 g/mol. The van der Waals surface area contributed by atoms with Gasteiger partial charge in [-0.15, -0.1) is 0 Å². The summed E-state index contributed by atoms with van der Waals surface area (Å²) in [6, 6.07) is 14.9. The molecule has 1 aliphatic rings. The van der Waals surface area contributed by atoms with Crippen molar-refractivity contribution in [3.05, 3.63) is 65.2 Å². The van der Waals surface area contributed by atoms with Crippen LogP contribution in [0.2, 0.25) is 0 Å². The van der Waals surface area contributed by atoms with Crippen molar-refractivity contribution in [2.24, 2.45) is 5.16 Å². The highest BCUT2D eigenvalue weighted by molar-refractivity contribution is 6.24. The zero-order valence-corrected chi connectivity index (χ0v) is 15.7. The van der Waals surface area contributed by atoms with Crippen molar-refractivity contribution in [1.29, 1.82) is 0 Å². The number of rotatable bonds is 6. The Labute approximate surface area is 151 Å². The minimum absolute atomic E-state index is 0.920. The number of unbranched alkanes of at least 4 members (excludes halogenated alkanes) is 1. The Morgan fingerprint density at radius 2 is 1.72 bits per heavy atom. The molecule has 0 fully saturated rings. The van der Waals surface area contributed by atoms with E-state index in [1.54, 1.807) is 7.11 Å². The molecule has 0 radical (unpaired) electrons. The first-order valence-corrected chi connectivity index (χ1v) is 9.01. The topological polar surface area (TPSA) is 33.6 Å². The fraction of sp³-hybridized carbons (Fsp3) is 0.318. The van der Waals surface area contributed by atoms with E-state index >= 15 is 0 Å². The summed E-state index contributed by atoms with van der Waals surface area (Å²) in [4.78, 5) is 5.07. The Hall–Kier alpha value is -2.39. The van der Waals surface area contributed by atoms with Crippen LogP contribution in [0, 0.1) is 0 Å².